The van der Waals surface area contributed by atoms with Gasteiger partial charge < -0.3 is 18.9 Å². The van der Waals surface area contributed by atoms with E-state index in [0.717, 1.165) is 43.6 Å². The minimum absolute atomic E-state index is 0.0439. The third-order valence-electron chi connectivity index (χ3n) is 5.10. The van der Waals surface area contributed by atoms with Crippen LogP contribution in [0, 0.1) is 0 Å². The first kappa shape index (κ1) is 20.6. The number of carbonyl (C=O) groups is 1. The number of carbonyl (C=O) groups excluding carboxylic acids is 1. The first-order valence-electron chi connectivity index (χ1n) is 9.53. The van der Waals surface area contributed by atoms with Crippen molar-refractivity contribution in [2.75, 3.05) is 14.2 Å². The SMILES string of the molecule is CCC[C@@H](C[C@@H]1CC[C@H]([C@H](C)c2ccc(OC)c(OC)c2)O1)OC(C)=O. The fourth-order valence-corrected chi connectivity index (χ4v) is 3.70. The van der Waals surface area contributed by atoms with Crippen LogP contribution in [0.25, 0.3) is 0 Å². The highest BCUT2D eigenvalue weighted by molar-refractivity contribution is 5.66. The van der Waals surface area contributed by atoms with Crippen LogP contribution in [0.2, 0.25) is 0 Å². The molecule has 2 rings (SSSR count). The normalized spacial score (nSPS) is 21.9. The fourth-order valence-electron chi connectivity index (χ4n) is 3.70. The Bertz CT molecular complexity index is 586. The third-order valence-corrected chi connectivity index (χ3v) is 5.10. The van der Waals surface area contributed by atoms with E-state index in [1.807, 2.05) is 12.1 Å². The number of esters is 1. The van der Waals surface area contributed by atoms with E-state index in [1.165, 1.54) is 12.5 Å². The number of methoxy groups -OCH3 is 2. The second-order valence-corrected chi connectivity index (χ2v) is 7.03. The van der Waals surface area contributed by atoms with Crippen molar-refractivity contribution in [2.24, 2.45) is 0 Å². The molecule has 5 heteroatoms. The van der Waals surface area contributed by atoms with Crippen molar-refractivity contribution in [3.8, 4) is 11.5 Å². The van der Waals surface area contributed by atoms with Gasteiger partial charge in [0.1, 0.15) is 6.10 Å². The Labute approximate surface area is 157 Å². The summed E-state index contributed by atoms with van der Waals surface area (Å²) in [5.74, 6) is 1.52. The Morgan fingerprint density at radius 1 is 1.23 bits per heavy atom. The Morgan fingerprint density at radius 2 is 1.96 bits per heavy atom. The topological polar surface area (TPSA) is 54.0 Å². The van der Waals surface area contributed by atoms with Crippen LogP contribution in [0.4, 0.5) is 0 Å². The molecule has 1 saturated heterocycles. The molecule has 0 saturated carbocycles. The summed E-state index contributed by atoms with van der Waals surface area (Å²) in [6, 6.07) is 6.04. The lowest BCUT2D eigenvalue weighted by Crippen LogP contribution is -2.24. The van der Waals surface area contributed by atoms with E-state index < -0.39 is 0 Å². The largest absolute Gasteiger partial charge is 0.493 e. The van der Waals surface area contributed by atoms with Gasteiger partial charge in [-0.1, -0.05) is 26.3 Å². The van der Waals surface area contributed by atoms with Crippen molar-refractivity contribution in [2.45, 2.75) is 77.1 Å². The van der Waals surface area contributed by atoms with Crippen LogP contribution in [-0.4, -0.2) is 38.5 Å². The molecule has 0 N–H and O–H groups in total. The first-order valence-corrected chi connectivity index (χ1v) is 9.53. The summed E-state index contributed by atoms with van der Waals surface area (Å²) in [4.78, 5) is 11.3. The van der Waals surface area contributed by atoms with Crippen LogP contribution in [0.5, 0.6) is 11.5 Å². The highest BCUT2D eigenvalue weighted by Gasteiger charge is 2.32. The van der Waals surface area contributed by atoms with Gasteiger partial charge in [-0.25, -0.2) is 0 Å². The zero-order valence-corrected chi connectivity index (χ0v) is 16.6. The summed E-state index contributed by atoms with van der Waals surface area (Å²) in [7, 11) is 3.29. The standard InChI is InChI=1S/C21H32O5/c1-6-7-17(25-15(3)22)13-18-9-11-19(26-18)14(2)16-8-10-20(23-4)21(12-16)24-5/h8,10,12,14,17-19H,6-7,9,11,13H2,1-5H3/t14-,17+,18+,19-/m1/s1. The molecule has 1 fully saturated rings. The maximum absolute atomic E-state index is 11.3. The summed E-state index contributed by atoms with van der Waals surface area (Å²) in [5.41, 5.74) is 1.18. The molecule has 0 radical (unpaired) electrons. The second-order valence-electron chi connectivity index (χ2n) is 7.03. The average molecular weight is 364 g/mol. The van der Waals surface area contributed by atoms with Gasteiger partial charge in [0.2, 0.25) is 0 Å². The number of benzene rings is 1. The summed E-state index contributed by atoms with van der Waals surface area (Å²) in [5, 5.41) is 0. The highest BCUT2D eigenvalue weighted by Crippen LogP contribution is 2.37. The fraction of sp³-hybridized carbons (Fsp3) is 0.667. The molecule has 5 nitrogen and oxygen atoms in total. The van der Waals surface area contributed by atoms with Crippen molar-refractivity contribution in [1.82, 2.24) is 0 Å². The number of hydrogen-bond donors (Lipinski definition) is 0. The summed E-state index contributed by atoms with van der Waals surface area (Å²) in [6.07, 6.45) is 4.95. The van der Waals surface area contributed by atoms with Crippen molar-refractivity contribution in [3.05, 3.63) is 23.8 Å². The van der Waals surface area contributed by atoms with E-state index in [-0.39, 0.29) is 30.2 Å². The lowest BCUT2D eigenvalue weighted by molar-refractivity contribution is -0.148. The molecule has 0 spiro atoms. The van der Waals surface area contributed by atoms with Crippen molar-refractivity contribution >= 4 is 5.97 Å². The summed E-state index contributed by atoms with van der Waals surface area (Å²) in [6.45, 7) is 5.76. The molecular weight excluding hydrogens is 332 g/mol. The Balaban J connectivity index is 1.97. The molecule has 1 aromatic carbocycles. The average Bonchev–Trinajstić information content (AvgIpc) is 3.08. The Hall–Kier alpha value is -1.75. The van der Waals surface area contributed by atoms with Gasteiger partial charge in [0, 0.05) is 19.3 Å². The lowest BCUT2D eigenvalue weighted by atomic mass is 9.93. The minimum atomic E-state index is -0.211. The van der Waals surface area contributed by atoms with E-state index in [9.17, 15) is 4.79 Å². The quantitative estimate of drug-likeness (QED) is 0.605. The van der Waals surface area contributed by atoms with Gasteiger partial charge >= 0.3 is 5.97 Å². The summed E-state index contributed by atoms with van der Waals surface area (Å²) < 4.78 is 22.5. The van der Waals surface area contributed by atoms with Gasteiger partial charge in [-0.15, -0.1) is 0 Å². The molecule has 0 aromatic heterocycles. The molecule has 0 unspecified atom stereocenters. The molecule has 0 aliphatic carbocycles. The van der Waals surface area contributed by atoms with Gasteiger partial charge in [0.25, 0.3) is 0 Å². The molecule has 0 bridgehead atoms. The van der Waals surface area contributed by atoms with Crippen LogP contribution in [0.3, 0.4) is 0 Å². The van der Waals surface area contributed by atoms with E-state index >= 15 is 0 Å². The molecule has 1 aromatic rings. The van der Waals surface area contributed by atoms with Crippen LogP contribution in [0.15, 0.2) is 18.2 Å². The Morgan fingerprint density at radius 3 is 2.58 bits per heavy atom. The van der Waals surface area contributed by atoms with E-state index in [1.54, 1.807) is 14.2 Å². The smallest absolute Gasteiger partial charge is 0.302 e. The zero-order valence-electron chi connectivity index (χ0n) is 16.6. The molecule has 4 atom stereocenters. The van der Waals surface area contributed by atoms with Crippen LogP contribution >= 0.6 is 0 Å². The molecule has 26 heavy (non-hydrogen) atoms. The molecule has 0 amide bonds. The lowest BCUT2D eigenvalue weighted by Gasteiger charge is -2.23. The third kappa shape index (κ3) is 5.37. The summed E-state index contributed by atoms with van der Waals surface area (Å²) >= 11 is 0. The van der Waals surface area contributed by atoms with Crippen LogP contribution in [-0.2, 0) is 14.3 Å². The van der Waals surface area contributed by atoms with Gasteiger partial charge in [-0.2, -0.15) is 0 Å². The van der Waals surface area contributed by atoms with Gasteiger partial charge in [0.15, 0.2) is 11.5 Å². The van der Waals surface area contributed by atoms with E-state index in [4.69, 9.17) is 18.9 Å². The van der Waals surface area contributed by atoms with E-state index in [2.05, 4.69) is 19.9 Å². The van der Waals surface area contributed by atoms with Gasteiger partial charge in [0.05, 0.1) is 26.4 Å². The molecule has 1 heterocycles. The maximum atomic E-state index is 11.3. The van der Waals surface area contributed by atoms with Crippen molar-refractivity contribution < 1.29 is 23.7 Å². The molecule has 1 aliphatic rings. The predicted octanol–water partition coefficient (Wildman–Crippen LogP) is 4.48. The predicted molar refractivity (Wildman–Crippen MR) is 101 cm³/mol. The molecule has 146 valence electrons. The molecular formula is C21H32O5. The Kier molecular flexibility index (Phi) is 7.76. The zero-order chi connectivity index (χ0) is 19.1. The number of rotatable bonds is 9. The first-order chi connectivity index (χ1) is 12.5. The second kappa shape index (κ2) is 9.81. The van der Waals surface area contributed by atoms with Gasteiger partial charge in [-0.05, 0) is 37.0 Å². The number of hydrogen-bond acceptors (Lipinski definition) is 5. The van der Waals surface area contributed by atoms with Crippen molar-refractivity contribution in [1.29, 1.82) is 0 Å². The van der Waals surface area contributed by atoms with Crippen molar-refractivity contribution in [3.63, 3.8) is 0 Å². The maximum Gasteiger partial charge on any atom is 0.302 e. The highest BCUT2D eigenvalue weighted by atomic mass is 16.5. The van der Waals surface area contributed by atoms with E-state index in [0.29, 0.717) is 0 Å². The van der Waals surface area contributed by atoms with Crippen LogP contribution < -0.4 is 9.47 Å². The number of ether oxygens (including phenoxy) is 4. The minimum Gasteiger partial charge on any atom is -0.493 e. The van der Waals surface area contributed by atoms with Gasteiger partial charge in [-0.3, -0.25) is 4.79 Å². The van der Waals surface area contributed by atoms with Crippen LogP contribution in [0.1, 0.15) is 64.4 Å². The monoisotopic (exact) mass is 364 g/mol. The molecule has 1 aliphatic heterocycles.